The van der Waals surface area contributed by atoms with Gasteiger partial charge in [-0.25, -0.2) is 4.79 Å². The quantitative estimate of drug-likeness (QED) is 0.875. The van der Waals surface area contributed by atoms with Crippen molar-refractivity contribution < 1.29 is 14.3 Å². The predicted octanol–water partition coefficient (Wildman–Crippen LogP) is 3.33. The van der Waals surface area contributed by atoms with Gasteiger partial charge >= 0.3 is 6.09 Å². The molecule has 0 saturated carbocycles. The minimum absolute atomic E-state index is 0.0247. The number of carbonyl (C=O) groups excluding carboxylic acids is 2. The highest BCUT2D eigenvalue weighted by atomic mass is 16.6. The molecule has 152 valence electrons. The van der Waals surface area contributed by atoms with E-state index >= 15 is 0 Å². The molecule has 2 rings (SSSR count). The number of ether oxygens (including phenoxy) is 1. The summed E-state index contributed by atoms with van der Waals surface area (Å²) >= 11 is 0. The van der Waals surface area contributed by atoms with Gasteiger partial charge in [0.25, 0.3) is 5.91 Å². The first-order valence-corrected chi connectivity index (χ1v) is 9.73. The van der Waals surface area contributed by atoms with Crippen LogP contribution in [0.25, 0.3) is 0 Å². The van der Waals surface area contributed by atoms with Gasteiger partial charge in [-0.05, 0) is 61.3 Å². The molecule has 0 aromatic carbocycles. The van der Waals surface area contributed by atoms with E-state index in [1.807, 2.05) is 44.2 Å². The molecule has 0 unspecified atom stereocenters. The molecular weight excluding hydrogens is 344 g/mol. The largest absolute Gasteiger partial charge is 0.444 e. The highest BCUT2D eigenvalue weighted by molar-refractivity contribution is 5.95. The summed E-state index contributed by atoms with van der Waals surface area (Å²) in [5.74, 6) is -0.0247. The maximum atomic E-state index is 13.2. The fourth-order valence-corrected chi connectivity index (χ4v) is 3.50. The van der Waals surface area contributed by atoms with Crippen LogP contribution in [0.15, 0.2) is 6.20 Å². The maximum Gasteiger partial charge on any atom is 0.407 e. The Morgan fingerprint density at radius 1 is 1.26 bits per heavy atom. The molecule has 2 amide bonds. The summed E-state index contributed by atoms with van der Waals surface area (Å²) in [6.07, 6.45) is 2.68. The van der Waals surface area contributed by atoms with Crippen molar-refractivity contribution in [3.8, 4) is 0 Å². The zero-order valence-corrected chi connectivity index (χ0v) is 17.9. The highest BCUT2D eigenvalue weighted by Gasteiger charge is 2.37. The van der Waals surface area contributed by atoms with Crippen LogP contribution in [-0.4, -0.2) is 50.9 Å². The average molecular weight is 379 g/mol. The molecule has 0 radical (unpaired) electrons. The summed E-state index contributed by atoms with van der Waals surface area (Å²) in [7, 11) is 0. The van der Waals surface area contributed by atoms with E-state index in [4.69, 9.17) is 4.74 Å². The minimum Gasteiger partial charge on any atom is -0.444 e. The molecule has 0 aliphatic carbocycles. The summed E-state index contributed by atoms with van der Waals surface area (Å²) in [5, 5.41) is 7.37. The van der Waals surface area contributed by atoms with E-state index < -0.39 is 11.7 Å². The van der Waals surface area contributed by atoms with Gasteiger partial charge in [0.15, 0.2) is 0 Å². The zero-order chi connectivity index (χ0) is 20.6. The fourth-order valence-electron chi connectivity index (χ4n) is 3.50. The first kappa shape index (κ1) is 21.3. The molecule has 7 nitrogen and oxygen atoms in total. The van der Waals surface area contributed by atoms with Crippen molar-refractivity contribution in [2.24, 2.45) is 0 Å². The van der Waals surface area contributed by atoms with Crippen LogP contribution >= 0.6 is 0 Å². The van der Waals surface area contributed by atoms with Gasteiger partial charge in [0.2, 0.25) is 0 Å². The third-order valence-electron chi connectivity index (χ3n) is 4.79. The average Bonchev–Trinajstić information content (AvgIpc) is 3.09. The molecular formula is C20H34N4O3. The number of aromatic nitrogens is 2. The smallest absolute Gasteiger partial charge is 0.407 e. The fraction of sp³-hybridized carbons (Fsp3) is 0.750. The topological polar surface area (TPSA) is 76.5 Å². The van der Waals surface area contributed by atoms with Gasteiger partial charge in [0, 0.05) is 12.6 Å². The number of carbonyl (C=O) groups is 2. The molecule has 1 aromatic rings. The summed E-state index contributed by atoms with van der Waals surface area (Å²) in [6.45, 7) is 16.3. The van der Waals surface area contributed by atoms with Crippen LogP contribution in [0.1, 0.15) is 77.9 Å². The highest BCUT2D eigenvalue weighted by Crippen LogP contribution is 2.25. The van der Waals surface area contributed by atoms with Crippen LogP contribution in [0.4, 0.5) is 4.79 Å². The molecule has 0 bridgehead atoms. The number of amides is 2. The molecule has 0 spiro atoms. The third kappa shape index (κ3) is 4.82. The molecule has 27 heavy (non-hydrogen) atoms. The number of rotatable bonds is 3. The van der Waals surface area contributed by atoms with Crippen molar-refractivity contribution in [1.82, 2.24) is 20.0 Å². The minimum atomic E-state index is -0.543. The van der Waals surface area contributed by atoms with Gasteiger partial charge in [0.1, 0.15) is 5.60 Å². The van der Waals surface area contributed by atoms with Crippen molar-refractivity contribution in [3.05, 3.63) is 17.5 Å². The molecule has 1 aromatic heterocycles. The number of alkyl carbamates (subject to hydrolysis) is 1. The Bertz CT molecular complexity index is 697. The van der Waals surface area contributed by atoms with Crippen LogP contribution < -0.4 is 5.32 Å². The monoisotopic (exact) mass is 378 g/mol. The van der Waals surface area contributed by atoms with E-state index in [0.717, 1.165) is 12.1 Å². The standard InChI is InChI=1S/C20H34N4O3/c1-9-16-14(12-21-24(16)19(3,4)5)17(25)23-11-10-15(13(23)2)22-18(26)27-20(6,7)8/h12-13,15H,9-11H2,1-8H3,(H,22,26)/t13-,15+/m1/s1. The van der Waals surface area contributed by atoms with Crippen LogP contribution in [-0.2, 0) is 16.7 Å². The SMILES string of the molecule is CCc1c(C(=O)N2CC[C@H](NC(=O)OC(C)(C)C)[C@H]2C)cnn1C(C)(C)C. The van der Waals surface area contributed by atoms with Crippen LogP contribution in [0.5, 0.6) is 0 Å². The van der Waals surface area contributed by atoms with Gasteiger partial charge in [-0.15, -0.1) is 0 Å². The summed E-state index contributed by atoms with van der Waals surface area (Å²) < 4.78 is 7.27. The lowest BCUT2D eigenvalue weighted by Gasteiger charge is -2.27. The molecule has 1 N–H and O–H groups in total. The van der Waals surface area contributed by atoms with Crippen LogP contribution in [0.2, 0.25) is 0 Å². The van der Waals surface area contributed by atoms with E-state index in [2.05, 4.69) is 31.2 Å². The van der Waals surface area contributed by atoms with Gasteiger partial charge in [-0.1, -0.05) is 6.92 Å². The van der Waals surface area contributed by atoms with E-state index in [0.29, 0.717) is 18.5 Å². The second-order valence-corrected chi connectivity index (χ2v) is 9.22. The van der Waals surface area contributed by atoms with Gasteiger partial charge in [-0.3, -0.25) is 9.48 Å². The van der Waals surface area contributed by atoms with Crippen LogP contribution in [0.3, 0.4) is 0 Å². The summed E-state index contributed by atoms with van der Waals surface area (Å²) in [5.41, 5.74) is 0.876. The Balaban J connectivity index is 2.13. The predicted molar refractivity (Wildman–Crippen MR) is 105 cm³/mol. The van der Waals surface area contributed by atoms with Gasteiger partial charge in [0.05, 0.1) is 29.0 Å². The maximum absolute atomic E-state index is 13.2. The number of nitrogens with zero attached hydrogens (tertiary/aromatic N) is 3. The van der Waals surface area contributed by atoms with E-state index in [1.165, 1.54) is 0 Å². The third-order valence-corrected chi connectivity index (χ3v) is 4.79. The Kier molecular flexibility index (Phi) is 5.92. The van der Waals surface area contributed by atoms with E-state index in [-0.39, 0.29) is 23.5 Å². The van der Waals surface area contributed by atoms with Crippen LogP contribution in [0, 0.1) is 0 Å². The first-order chi connectivity index (χ1) is 12.3. The van der Waals surface area contributed by atoms with Crippen molar-refractivity contribution in [1.29, 1.82) is 0 Å². The lowest BCUT2D eigenvalue weighted by atomic mass is 10.1. The second kappa shape index (κ2) is 7.52. The molecule has 7 heteroatoms. The Morgan fingerprint density at radius 2 is 1.89 bits per heavy atom. The van der Waals surface area contributed by atoms with Crippen molar-refractivity contribution >= 4 is 12.0 Å². The molecule has 1 aliphatic rings. The number of hydrogen-bond acceptors (Lipinski definition) is 4. The normalized spacial score (nSPS) is 20.7. The lowest BCUT2D eigenvalue weighted by molar-refractivity contribution is 0.0485. The zero-order valence-electron chi connectivity index (χ0n) is 17.9. The number of hydrogen-bond donors (Lipinski definition) is 1. The first-order valence-electron chi connectivity index (χ1n) is 9.73. The number of likely N-dealkylation sites (tertiary alicyclic amines) is 1. The van der Waals surface area contributed by atoms with Crippen molar-refractivity contribution in [3.63, 3.8) is 0 Å². The summed E-state index contributed by atoms with van der Waals surface area (Å²) in [4.78, 5) is 27.1. The number of nitrogens with one attached hydrogen (secondary N) is 1. The molecule has 1 saturated heterocycles. The summed E-state index contributed by atoms with van der Waals surface area (Å²) in [6, 6.07) is -0.223. The molecule has 1 aliphatic heterocycles. The Morgan fingerprint density at radius 3 is 2.41 bits per heavy atom. The van der Waals surface area contributed by atoms with E-state index in [9.17, 15) is 9.59 Å². The van der Waals surface area contributed by atoms with Gasteiger partial charge < -0.3 is 15.0 Å². The van der Waals surface area contributed by atoms with E-state index in [1.54, 1.807) is 6.20 Å². The van der Waals surface area contributed by atoms with Crippen molar-refractivity contribution in [2.45, 2.75) is 91.5 Å². The second-order valence-electron chi connectivity index (χ2n) is 9.22. The Hall–Kier alpha value is -2.05. The van der Waals surface area contributed by atoms with Gasteiger partial charge in [-0.2, -0.15) is 5.10 Å². The lowest BCUT2D eigenvalue weighted by Crippen LogP contribution is -2.46. The molecule has 1 fully saturated rings. The molecule has 2 atom stereocenters. The van der Waals surface area contributed by atoms with Crippen molar-refractivity contribution in [2.75, 3.05) is 6.54 Å². The molecule has 2 heterocycles. The Labute approximate surface area is 162 Å².